The lowest BCUT2D eigenvalue weighted by atomic mass is 10.1. The molecule has 0 fully saturated rings. The number of carbonyl (C=O) groups is 1. The summed E-state index contributed by atoms with van der Waals surface area (Å²) < 4.78 is 7.01. The number of aromatic nitrogens is 4. The number of carboxylic acids is 1. The number of carboxylic acid groups (broad SMARTS) is 1. The first-order valence-corrected chi connectivity index (χ1v) is 9.01. The lowest BCUT2D eigenvalue weighted by Gasteiger charge is -2.15. The van der Waals surface area contributed by atoms with Gasteiger partial charge in [0, 0.05) is 12.1 Å². The predicted molar refractivity (Wildman–Crippen MR) is 108 cm³/mol. The highest BCUT2D eigenvalue weighted by atomic mass is 16.5. The van der Waals surface area contributed by atoms with Gasteiger partial charge in [0.2, 0.25) is 0 Å². The molecular formula is C21H19N5O3. The summed E-state index contributed by atoms with van der Waals surface area (Å²) >= 11 is 0. The summed E-state index contributed by atoms with van der Waals surface area (Å²) in [6, 6.07) is 16.1. The molecule has 8 nitrogen and oxygen atoms in total. The van der Waals surface area contributed by atoms with Crippen molar-refractivity contribution in [3.8, 4) is 11.4 Å². The van der Waals surface area contributed by atoms with Crippen LogP contribution < -0.4 is 10.1 Å². The highest BCUT2D eigenvalue weighted by Crippen LogP contribution is 2.23. The molecule has 146 valence electrons. The Morgan fingerprint density at radius 2 is 1.86 bits per heavy atom. The van der Waals surface area contributed by atoms with E-state index in [0.717, 1.165) is 17.0 Å². The molecule has 8 heteroatoms. The Kier molecular flexibility index (Phi) is 5.07. The average Bonchev–Trinajstić information content (AvgIpc) is 3.19. The third kappa shape index (κ3) is 3.86. The van der Waals surface area contributed by atoms with Gasteiger partial charge in [-0.25, -0.2) is 19.7 Å². The van der Waals surface area contributed by atoms with Crippen LogP contribution >= 0.6 is 0 Å². The summed E-state index contributed by atoms with van der Waals surface area (Å²) in [5.74, 6) is 0.168. The molecule has 0 bridgehead atoms. The Morgan fingerprint density at radius 3 is 2.55 bits per heavy atom. The number of benzene rings is 2. The maximum Gasteiger partial charge on any atom is 0.326 e. The fourth-order valence-corrected chi connectivity index (χ4v) is 3.09. The number of hydrogen-bond donors (Lipinski definition) is 2. The number of rotatable bonds is 7. The van der Waals surface area contributed by atoms with E-state index in [4.69, 9.17) is 4.74 Å². The highest BCUT2D eigenvalue weighted by molar-refractivity contribution is 5.87. The van der Waals surface area contributed by atoms with E-state index in [1.54, 1.807) is 13.4 Å². The minimum atomic E-state index is -0.963. The Morgan fingerprint density at radius 1 is 1.10 bits per heavy atom. The summed E-state index contributed by atoms with van der Waals surface area (Å²) in [6.07, 6.45) is 3.36. The Bertz CT molecular complexity index is 1130. The Labute approximate surface area is 166 Å². The van der Waals surface area contributed by atoms with Crippen LogP contribution in [0, 0.1) is 0 Å². The normalized spacial score (nSPS) is 11.9. The number of fused-ring (bicyclic) bond motifs is 1. The van der Waals surface area contributed by atoms with Crippen molar-refractivity contribution in [3.63, 3.8) is 0 Å². The first-order chi connectivity index (χ1) is 14.2. The van der Waals surface area contributed by atoms with Crippen LogP contribution in [-0.4, -0.2) is 43.7 Å². The summed E-state index contributed by atoms with van der Waals surface area (Å²) in [7, 11) is 1.61. The molecule has 0 saturated carbocycles. The van der Waals surface area contributed by atoms with Gasteiger partial charge in [0.15, 0.2) is 17.0 Å². The molecule has 2 N–H and O–H groups in total. The van der Waals surface area contributed by atoms with Crippen LogP contribution in [0.4, 0.5) is 5.82 Å². The van der Waals surface area contributed by atoms with E-state index in [-0.39, 0.29) is 0 Å². The molecule has 0 radical (unpaired) electrons. The first-order valence-electron chi connectivity index (χ1n) is 9.01. The minimum absolute atomic E-state index is 0.320. The van der Waals surface area contributed by atoms with Gasteiger partial charge in [-0.2, -0.15) is 0 Å². The Balaban J connectivity index is 1.65. The van der Waals surface area contributed by atoms with E-state index in [1.807, 2.05) is 59.2 Å². The van der Waals surface area contributed by atoms with Gasteiger partial charge >= 0.3 is 5.97 Å². The van der Waals surface area contributed by atoms with Gasteiger partial charge in [0.25, 0.3) is 0 Å². The lowest BCUT2D eigenvalue weighted by molar-refractivity contribution is -0.137. The monoisotopic (exact) mass is 389 g/mol. The number of nitrogens with one attached hydrogen (secondary N) is 1. The van der Waals surface area contributed by atoms with Crippen molar-refractivity contribution in [2.45, 2.75) is 12.5 Å². The van der Waals surface area contributed by atoms with E-state index in [1.165, 1.54) is 6.33 Å². The second-order valence-corrected chi connectivity index (χ2v) is 6.43. The van der Waals surface area contributed by atoms with Gasteiger partial charge in [-0.15, -0.1) is 0 Å². The fraction of sp³-hybridized carbons (Fsp3) is 0.143. The Hall–Kier alpha value is -3.94. The van der Waals surface area contributed by atoms with E-state index in [9.17, 15) is 9.90 Å². The third-order valence-electron chi connectivity index (χ3n) is 4.58. The summed E-state index contributed by atoms with van der Waals surface area (Å²) in [6.45, 7) is 0. The zero-order chi connectivity index (χ0) is 20.2. The van der Waals surface area contributed by atoms with Gasteiger partial charge in [0.1, 0.15) is 24.4 Å². The molecule has 0 spiro atoms. The SMILES string of the molecule is COc1ccc(-n2cnc3c(NC(Cc4ccccc4)C(=O)O)ncnc32)cc1. The van der Waals surface area contributed by atoms with Crippen molar-refractivity contribution in [2.75, 3.05) is 12.4 Å². The fourth-order valence-electron chi connectivity index (χ4n) is 3.09. The average molecular weight is 389 g/mol. The van der Waals surface area contributed by atoms with Crippen molar-refractivity contribution in [1.82, 2.24) is 19.5 Å². The number of nitrogens with zero attached hydrogens (tertiary/aromatic N) is 4. The van der Waals surface area contributed by atoms with Gasteiger partial charge in [0.05, 0.1) is 7.11 Å². The summed E-state index contributed by atoms with van der Waals surface area (Å²) in [4.78, 5) is 24.7. The molecule has 0 saturated heterocycles. The highest BCUT2D eigenvalue weighted by Gasteiger charge is 2.21. The maximum absolute atomic E-state index is 11.8. The topological polar surface area (TPSA) is 102 Å². The second kappa shape index (κ2) is 7.97. The lowest BCUT2D eigenvalue weighted by Crippen LogP contribution is -2.32. The molecule has 0 aliphatic rings. The number of anilines is 1. The van der Waals surface area contributed by atoms with Gasteiger partial charge < -0.3 is 15.2 Å². The second-order valence-electron chi connectivity index (χ2n) is 6.43. The van der Waals surface area contributed by atoms with E-state index >= 15 is 0 Å². The zero-order valence-electron chi connectivity index (χ0n) is 15.7. The van der Waals surface area contributed by atoms with Crippen LogP contribution in [0.5, 0.6) is 5.75 Å². The number of hydrogen-bond acceptors (Lipinski definition) is 6. The van der Waals surface area contributed by atoms with Gasteiger partial charge in [-0.3, -0.25) is 4.57 Å². The van der Waals surface area contributed by atoms with E-state index in [0.29, 0.717) is 23.4 Å². The van der Waals surface area contributed by atoms with Crippen LogP contribution in [0.25, 0.3) is 16.9 Å². The van der Waals surface area contributed by atoms with Crippen molar-refractivity contribution in [3.05, 3.63) is 72.8 Å². The largest absolute Gasteiger partial charge is 0.497 e. The molecule has 1 atom stereocenters. The van der Waals surface area contributed by atoms with E-state index in [2.05, 4.69) is 20.3 Å². The van der Waals surface area contributed by atoms with Gasteiger partial charge in [-0.1, -0.05) is 30.3 Å². The van der Waals surface area contributed by atoms with Crippen molar-refractivity contribution in [1.29, 1.82) is 0 Å². The molecule has 29 heavy (non-hydrogen) atoms. The zero-order valence-corrected chi connectivity index (χ0v) is 15.7. The molecular weight excluding hydrogens is 370 g/mol. The van der Waals surface area contributed by atoms with Crippen LogP contribution in [0.3, 0.4) is 0 Å². The van der Waals surface area contributed by atoms with E-state index < -0.39 is 12.0 Å². The number of methoxy groups -OCH3 is 1. The molecule has 2 aromatic carbocycles. The maximum atomic E-state index is 11.8. The molecule has 2 heterocycles. The molecule has 1 unspecified atom stereocenters. The number of imidazole rings is 1. The predicted octanol–water partition coefficient (Wildman–Crippen LogP) is 2.93. The molecule has 2 aromatic heterocycles. The standard InChI is InChI=1S/C21H19N5O3/c1-29-16-9-7-15(8-10-16)26-13-24-18-19(22-12-23-20(18)26)25-17(21(27)28)11-14-5-3-2-4-6-14/h2-10,12-13,17H,11H2,1H3,(H,27,28)(H,22,23,25). The summed E-state index contributed by atoms with van der Waals surface area (Å²) in [5, 5.41) is 12.7. The smallest absolute Gasteiger partial charge is 0.326 e. The van der Waals surface area contributed by atoms with Gasteiger partial charge in [-0.05, 0) is 29.8 Å². The van der Waals surface area contributed by atoms with Crippen LogP contribution in [0.15, 0.2) is 67.3 Å². The molecule has 0 aliphatic heterocycles. The first kappa shape index (κ1) is 18.4. The molecule has 4 rings (SSSR count). The number of aliphatic carboxylic acids is 1. The molecule has 0 amide bonds. The number of ether oxygens (including phenoxy) is 1. The quantitative estimate of drug-likeness (QED) is 0.501. The van der Waals surface area contributed by atoms with Crippen LogP contribution in [0.1, 0.15) is 5.56 Å². The minimum Gasteiger partial charge on any atom is -0.497 e. The third-order valence-corrected chi connectivity index (χ3v) is 4.58. The molecule has 4 aromatic rings. The van der Waals surface area contributed by atoms with Crippen molar-refractivity contribution in [2.24, 2.45) is 0 Å². The van der Waals surface area contributed by atoms with Crippen molar-refractivity contribution < 1.29 is 14.6 Å². The van der Waals surface area contributed by atoms with Crippen molar-refractivity contribution >= 4 is 23.0 Å². The van der Waals surface area contributed by atoms with Crippen LogP contribution in [0.2, 0.25) is 0 Å². The molecule has 0 aliphatic carbocycles. The summed E-state index contributed by atoms with van der Waals surface area (Å²) in [5.41, 5.74) is 2.86. The van der Waals surface area contributed by atoms with Crippen LogP contribution in [-0.2, 0) is 11.2 Å².